The number of hydrogen-bond donors (Lipinski definition) is 0. The lowest BCUT2D eigenvalue weighted by molar-refractivity contribution is 0.00578. The molecule has 1 aromatic rings. The minimum Gasteiger partial charge on any atom is -0.494 e. The van der Waals surface area contributed by atoms with Gasteiger partial charge in [-0.2, -0.15) is 0 Å². The zero-order valence-corrected chi connectivity index (χ0v) is 12.9. The summed E-state index contributed by atoms with van der Waals surface area (Å²) in [5.74, 6) is 0.716. The standard InChI is InChI=1S/C14H20BClO3/c1-6-17-12-9-10(16)7-8-11(12)15-18-13(2,3)14(4,5)19-15/h7-9H,6H2,1-5H3. The van der Waals surface area contributed by atoms with Crippen molar-refractivity contribution in [3.8, 4) is 5.75 Å². The van der Waals surface area contributed by atoms with Gasteiger partial charge in [0.2, 0.25) is 0 Å². The monoisotopic (exact) mass is 282 g/mol. The first-order valence-electron chi connectivity index (χ1n) is 6.55. The molecule has 0 aliphatic carbocycles. The Kier molecular flexibility index (Phi) is 3.87. The van der Waals surface area contributed by atoms with Gasteiger partial charge in [0.15, 0.2) is 0 Å². The minimum atomic E-state index is -0.427. The van der Waals surface area contributed by atoms with Gasteiger partial charge in [-0.1, -0.05) is 17.7 Å². The maximum absolute atomic E-state index is 6.03. The van der Waals surface area contributed by atoms with Crippen LogP contribution in [0.5, 0.6) is 5.75 Å². The highest BCUT2D eigenvalue weighted by molar-refractivity contribution is 6.63. The summed E-state index contributed by atoms with van der Waals surface area (Å²) in [4.78, 5) is 0. The Morgan fingerprint density at radius 3 is 2.26 bits per heavy atom. The van der Waals surface area contributed by atoms with E-state index >= 15 is 0 Å². The molecule has 1 aromatic carbocycles. The SMILES string of the molecule is CCOc1cc(Cl)ccc1B1OC(C)(C)C(C)(C)O1. The van der Waals surface area contributed by atoms with Gasteiger partial charge in [-0.25, -0.2) is 0 Å². The highest BCUT2D eigenvalue weighted by atomic mass is 35.5. The van der Waals surface area contributed by atoms with E-state index in [-0.39, 0.29) is 11.2 Å². The first-order chi connectivity index (χ1) is 8.77. The van der Waals surface area contributed by atoms with Gasteiger partial charge in [-0.05, 0) is 46.8 Å². The van der Waals surface area contributed by atoms with E-state index in [9.17, 15) is 0 Å². The van der Waals surface area contributed by atoms with E-state index < -0.39 is 7.12 Å². The van der Waals surface area contributed by atoms with Crippen molar-refractivity contribution in [2.24, 2.45) is 0 Å². The summed E-state index contributed by atoms with van der Waals surface area (Å²) in [6.07, 6.45) is 0. The normalized spacial score (nSPS) is 20.6. The van der Waals surface area contributed by atoms with E-state index in [4.69, 9.17) is 25.6 Å². The summed E-state index contributed by atoms with van der Waals surface area (Å²) in [6, 6.07) is 5.52. The van der Waals surface area contributed by atoms with Crippen molar-refractivity contribution in [1.82, 2.24) is 0 Å². The fourth-order valence-corrected chi connectivity index (χ4v) is 2.12. The van der Waals surface area contributed by atoms with Crippen LogP contribution in [0, 0.1) is 0 Å². The third-order valence-corrected chi connectivity index (χ3v) is 4.02. The van der Waals surface area contributed by atoms with Crippen molar-refractivity contribution in [1.29, 1.82) is 0 Å². The molecule has 1 aliphatic rings. The topological polar surface area (TPSA) is 27.7 Å². The van der Waals surface area contributed by atoms with Crippen LogP contribution < -0.4 is 10.2 Å². The number of halogens is 1. The molecule has 0 atom stereocenters. The Balaban J connectivity index is 2.34. The summed E-state index contributed by atoms with van der Waals surface area (Å²) in [5, 5.41) is 0.642. The van der Waals surface area contributed by atoms with Gasteiger partial charge < -0.3 is 14.0 Å². The third-order valence-electron chi connectivity index (χ3n) is 3.78. The molecule has 0 bridgehead atoms. The molecule has 104 valence electrons. The van der Waals surface area contributed by atoms with Gasteiger partial charge in [0.05, 0.1) is 17.8 Å². The maximum atomic E-state index is 6.03. The quantitative estimate of drug-likeness (QED) is 0.798. The molecule has 2 rings (SSSR count). The van der Waals surface area contributed by atoms with Crippen LogP contribution in [0.4, 0.5) is 0 Å². The first-order valence-corrected chi connectivity index (χ1v) is 6.92. The molecule has 0 amide bonds. The number of ether oxygens (including phenoxy) is 1. The molecular weight excluding hydrogens is 262 g/mol. The van der Waals surface area contributed by atoms with Gasteiger partial charge >= 0.3 is 7.12 Å². The lowest BCUT2D eigenvalue weighted by atomic mass is 9.78. The van der Waals surface area contributed by atoms with E-state index in [2.05, 4.69) is 0 Å². The molecular formula is C14H20BClO3. The van der Waals surface area contributed by atoms with Gasteiger partial charge in [-0.3, -0.25) is 0 Å². The van der Waals surface area contributed by atoms with Crippen LogP contribution in [0.2, 0.25) is 5.02 Å². The molecule has 0 saturated carbocycles. The average Bonchev–Trinajstić information content (AvgIpc) is 2.48. The minimum absolute atomic E-state index is 0.360. The smallest absolute Gasteiger partial charge is 0.494 e. The molecule has 0 radical (unpaired) electrons. The van der Waals surface area contributed by atoms with E-state index in [1.54, 1.807) is 6.07 Å². The maximum Gasteiger partial charge on any atom is 0.498 e. The van der Waals surface area contributed by atoms with Crippen molar-refractivity contribution in [2.45, 2.75) is 45.8 Å². The Bertz CT molecular complexity index is 458. The fourth-order valence-electron chi connectivity index (χ4n) is 1.95. The molecule has 1 saturated heterocycles. The molecule has 1 aliphatic heterocycles. The molecule has 3 nitrogen and oxygen atoms in total. The molecule has 0 aromatic heterocycles. The predicted octanol–water partition coefficient (Wildman–Crippen LogP) is 3.04. The highest BCUT2D eigenvalue weighted by Gasteiger charge is 2.52. The van der Waals surface area contributed by atoms with Crippen molar-refractivity contribution in [2.75, 3.05) is 6.61 Å². The lowest BCUT2D eigenvalue weighted by Crippen LogP contribution is -2.41. The highest BCUT2D eigenvalue weighted by Crippen LogP contribution is 2.37. The Morgan fingerprint density at radius 2 is 1.74 bits per heavy atom. The second-order valence-electron chi connectivity index (χ2n) is 5.70. The summed E-state index contributed by atoms with van der Waals surface area (Å²) in [5.41, 5.74) is 0.159. The van der Waals surface area contributed by atoms with Crippen LogP contribution in [-0.2, 0) is 9.31 Å². The number of rotatable bonds is 3. The zero-order valence-electron chi connectivity index (χ0n) is 12.1. The van der Waals surface area contributed by atoms with Crippen molar-refractivity contribution < 1.29 is 14.0 Å². The molecule has 0 N–H and O–H groups in total. The van der Waals surface area contributed by atoms with Gasteiger partial charge in [0.1, 0.15) is 5.75 Å². The van der Waals surface area contributed by atoms with Crippen LogP contribution in [0.1, 0.15) is 34.6 Å². The molecule has 1 heterocycles. The van der Waals surface area contributed by atoms with Gasteiger partial charge in [0, 0.05) is 10.5 Å². The largest absolute Gasteiger partial charge is 0.498 e. The number of benzene rings is 1. The van der Waals surface area contributed by atoms with Crippen molar-refractivity contribution >= 4 is 24.2 Å². The van der Waals surface area contributed by atoms with E-state index in [0.717, 1.165) is 5.46 Å². The summed E-state index contributed by atoms with van der Waals surface area (Å²) in [7, 11) is -0.427. The lowest BCUT2D eigenvalue weighted by Gasteiger charge is -2.32. The number of hydrogen-bond acceptors (Lipinski definition) is 3. The molecule has 5 heteroatoms. The Labute approximate surface area is 120 Å². The zero-order chi connectivity index (χ0) is 14.3. The molecule has 1 fully saturated rings. The first kappa shape index (κ1) is 14.7. The second kappa shape index (κ2) is 5.00. The van der Waals surface area contributed by atoms with E-state index in [1.165, 1.54) is 0 Å². The van der Waals surface area contributed by atoms with Crippen molar-refractivity contribution in [3.05, 3.63) is 23.2 Å². The van der Waals surface area contributed by atoms with Gasteiger partial charge in [0.25, 0.3) is 0 Å². The predicted molar refractivity (Wildman–Crippen MR) is 78.3 cm³/mol. The summed E-state index contributed by atoms with van der Waals surface area (Å²) < 4.78 is 17.7. The van der Waals surface area contributed by atoms with E-state index in [0.29, 0.717) is 17.4 Å². The van der Waals surface area contributed by atoms with Gasteiger partial charge in [-0.15, -0.1) is 0 Å². The van der Waals surface area contributed by atoms with Crippen LogP contribution >= 0.6 is 11.6 Å². The fraction of sp³-hybridized carbons (Fsp3) is 0.571. The van der Waals surface area contributed by atoms with Crippen molar-refractivity contribution in [3.63, 3.8) is 0 Å². The average molecular weight is 283 g/mol. The summed E-state index contributed by atoms with van der Waals surface area (Å²) >= 11 is 6.01. The van der Waals surface area contributed by atoms with E-state index in [1.807, 2.05) is 46.8 Å². The van der Waals surface area contributed by atoms with Crippen LogP contribution in [0.3, 0.4) is 0 Å². The summed E-state index contributed by atoms with van der Waals surface area (Å²) in [6.45, 7) is 10.6. The molecule has 0 unspecified atom stereocenters. The van der Waals surface area contributed by atoms with Crippen LogP contribution in [0.25, 0.3) is 0 Å². The van der Waals surface area contributed by atoms with Crippen LogP contribution in [-0.4, -0.2) is 24.9 Å². The molecule has 0 spiro atoms. The Morgan fingerprint density at radius 1 is 1.16 bits per heavy atom. The third kappa shape index (κ3) is 2.76. The second-order valence-corrected chi connectivity index (χ2v) is 6.14. The molecule has 19 heavy (non-hydrogen) atoms. The Hall–Kier alpha value is -0.705. The van der Waals surface area contributed by atoms with Crippen LogP contribution in [0.15, 0.2) is 18.2 Å².